The van der Waals surface area contributed by atoms with E-state index in [2.05, 4.69) is 9.97 Å². The van der Waals surface area contributed by atoms with Crippen LogP contribution in [0.4, 0.5) is 4.39 Å². The monoisotopic (exact) mass is 231 g/mol. The Morgan fingerprint density at radius 1 is 1.18 bits per heavy atom. The van der Waals surface area contributed by atoms with Crippen LogP contribution in [0.3, 0.4) is 0 Å². The van der Waals surface area contributed by atoms with Crippen LogP contribution in [0, 0.1) is 5.82 Å². The lowest BCUT2D eigenvalue weighted by Gasteiger charge is -2.11. The van der Waals surface area contributed by atoms with Crippen LogP contribution in [0.5, 0.6) is 0 Å². The van der Waals surface area contributed by atoms with Crippen molar-refractivity contribution in [2.75, 3.05) is 0 Å². The van der Waals surface area contributed by atoms with Crippen molar-refractivity contribution in [3.05, 3.63) is 59.9 Å². The highest BCUT2D eigenvalue weighted by molar-refractivity contribution is 5.16. The maximum atomic E-state index is 13.0. The van der Waals surface area contributed by atoms with Gasteiger partial charge in [-0.05, 0) is 42.2 Å². The first-order valence-corrected chi connectivity index (χ1v) is 5.50. The molecule has 17 heavy (non-hydrogen) atoms. The zero-order chi connectivity index (χ0) is 12.1. The van der Waals surface area contributed by atoms with Crippen LogP contribution in [-0.2, 0) is 6.42 Å². The fourth-order valence-corrected chi connectivity index (χ4v) is 1.67. The number of rotatable bonds is 4. The predicted octanol–water partition coefficient (Wildman–Crippen LogP) is 2.25. The predicted molar refractivity (Wildman–Crippen MR) is 63.7 cm³/mol. The van der Waals surface area contributed by atoms with Crippen LogP contribution in [-0.4, -0.2) is 9.97 Å². The van der Waals surface area contributed by atoms with E-state index in [-0.39, 0.29) is 11.9 Å². The molecule has 1 atom stereocenters. The Morgan fingerprint density at radius 3 is 2.65 bits per heavy atom. The summed E-state index contributed by atoms with van der Waals surface area (Å²) in [5.41, 5.74) is 7.91. The van der Waals surface area contributed by atoms with Gasteiger partial charge in [-0.25, -0.2) is 4.39 Å². The maximum Gasteiger partial charge on any atom is 0.141 e. The Morgan fingerprint density at radius 2 is 1.94 bits per heavy atom. The quantitative estimate of drug-likeness (QED) is 0.878. The number of aromatic nitrogens is 2. The van der Waals surface area contributed by atoms with Gasteiger partial charge in [-0.2, -0.15) is 0 Å². The van der Waals surface area contributed by atoms with E-state index >= 15 is 0 Å². The molecule has 3 nitrogen and oxygen atoms in total. The van der Waals surface area contributed by atoms with Crippen LogP contribution in [0.15, 0.2) is 43.0 Å². The number of pyridine rings is 2. The summed E-state index contributed by atoms with van der Waals surface area (Å²) in [4.78, 5) is 7.75. The van der Waals surface area contributed by atoms with E-state index in [0.29, 0.717) is 0 Å². The lowest BCUT2D eigenvalue weighted by Crippen LogP contribution is -2.12. The van der Waals surface area contributed by atoms with Crippen LogP contribution >= 0.6 is 0 Å². The van der Waals surface area contributed by atoms with E-state index < -0.39 is 0 Å². The summed E-state index contributed by atoms with van der Waals surface area (Å²) in [6, 6.07) is 5.16. The Kier molecular flexibility index (Phi) is 3.77. The summed E-state index contributed by atoms with van der Waals surface area (Å²) in [7, 11) is 0. The molecule has 2 N–H and O–H groups in total. The first-order chi connectivity index (χ1) is 8.25. The molecular formula is C13H14FN3. The van der Waals surface area contributed by atoms with Crippen molar-refractivity contribution >= 4 is 0 Å². The standard InChI is InChI=1S/C13H14FN3/c14-12-7-11(8-17-9-12)13(15)2-1-10-3-5-16-6-4-10/h3-9,13H,1-2,15H2. The van der Waals surface area contributed by atoms with Crippen molar-refractivity contribution in [3.63, 3.8) is 0 Å². The zero-order valence-corrected chi connectivity index (χ0v) is 9.38. The minimum Gasteiger partial charge on any atom is -0.324 e. The van der Waals surface area contributed by atoms with E-state index in [4.69, 9.17) is 5.73 Å². The van der Waals surface area contributed by atoms with Crippen LogP contribution in [0.2, 0.25) is 0 Å². The van der Waals surface area contributed by atoms with Crippen molar-refractivity contribution in [2.24, 2.45) is 5.73 Å². The molecule has 2 aromatic rings. The van der Waals surface area contributed by atoms with E-state index in [0.717, 1.165) is 18.4 Å². The molecule has 0 aliphatic rings. The Balaban J connectivity index is 1.96. The van der Waals surface area contributed by atoms with Crippen molar-refractivity contribution < 1.29 is 4.39 Å². The highest BCUT2D eigenvalue weighted by Crippen LogP contribution is 2.16. The van der Waals surface area contributed by atoms with Gasteiger partial charge >= 0.3 is 0 Å². The lowest BCUT2D eigenvalue weighted by atomic mass is 10.0. The van der Waals surface area contributed by atoms with Crippen LogP contribution in [0.25, 0.3) is 0 Å². The Hall–Kier alpha value is -1.81. The van der Waals surface area contributed by atoms with Gasteiger partial charge in [0.1, 0.15) is 5.82 Å². The molecular weight excluding hydrogens is 217 g/mol. The van der Waals surface area contributed by atoms with E-state index in [1.807, 2.05) is 12.1 Å². The average molecular weight is 231 g/mol. The normalized spacial score (nSPS) is 12.4. The van der Waals surface area contributed by atoms with Crippen LogP contribution in [0.1, 0.15) is 23.6 Å². The Bertz CT molecular complexity index is 473. The smallest absolute Gasteiger partial charge is 0.141 e. The maximum absolute atomic E-state index is 13.0. The number of aryl methyl sites for hydroxylation is 1. The highest BCUT2D eigenvalue weighted by Gasteiger charge is 2.07. The molecule has 0 spiro atoms. The van der Waals surface area contributed by atoms with Crippen LogP contribution < -0.4 is 5.73 Å². The summed E-state index contributed by atoms with van der Waals surface area (Å²) in [6.07, 6.45) is 7.91. The number of hydrogen-bond acceptors (Lipinski definition) is 3. The molecule has 2 aromatic heterocycles. The second-order valence-corrected chi connectivity index (χ2v) is 3.94. The van der Waals surface area contributed by atoms with Crippen molar-refractivity contribution in [3.8, 4) is 0 Å². The minimum atomic E-state index is -0.345. The molecule has 0 aliphatic carbocycles. The molecule has 0 bridgehead atoms. The summed E-state index contributed by atoms with van der Waals surface area (Å²) in [5, 5.41) is 0. The van der Waals surface area contributed by atoms with E-state index in [1.54, 1.807) is 18.6 Å². The summed E-state index contributed by atoms with van der Waals surface area (Å²) >= 11 is 0. The fourth-order valence-electron chi connectivity index (χ4n) is 1.67. The third-order valence-electron chi connectivity index (χ3n) is 2.65. The molecule has 0 saturated heterocycles. The van der Waals surface area contributed by atoms with Gasteiger partial charge in [0.2, 0.25) is 0 Å². The highest BCUT2D eigenvalue weighted by atomic mass is 19.1. The zero-order valence-electron chi connectivity index (χ0n) is 9.38. The molecule has 0 aliphatic heterocycles. The molecule has 0 aromatic carbocycles. The largest absolute Gasteiger partial charge is 0.324 e. The van der Waals surface area contributed by atoms with E-state index in [1.165, 1.54) is 17.8 Å². The molecule has 4 heteroatoms. The minimum absolute atomic E-state index is 0.189. The second kappa shape index (κ2) is 5.50. The lowest BCUT2D eigenvalue weighted by molar-refractivity contribution is 0.601. The third-order valence-corrected chi connectivity index (χ3v) is 2.65. The van der Waals surface area contributed by atoms with Crippen molar-refractivity contribution in [2.45, 2.75) is 18.9 Å². The van der Waals surface area contributed by atoms with E-state index in [9.17, 15) is 4.39 Å². The van der Waals surface area contributed by atoms with Crippen molar-refractivity contribution in [1.29, 1.82) is 0 Å². The van der Waals surface area contributed by atoms with Gasteiger partial charge in [-0.1, -0.05) is 0 Å². The number of hydrogen-bond donors (Lipinski definition) is 1. The molecule has 0 amide bonds. The molecule has 0 saturated carbocycles. The van der Waals surface area contributed by atoms with Crippen molar-refractivity contribution in [1.82, 2.24) is 9.97 Å². The molecule has 88 valence electrons. The van der Waals surface area contributed by atoms with Gasteiger partial charge in [-0.3, -0.25) is 9.97 Å². The number of nitrogens with two attached hydrogens (primary N) is 1. The summed E-state index contributed by atoms with van der Waals surface area (Å²) in [5.74, 6) is -0.345. The van der Waals surface area contributed by atoms with Gasteiger partial charge in [0.25, 0.3) is 0 Å². The first kappa shape index (κ1) is 11.7. The topological polar surface area (TPSA) is 51.8 Å². The van der Waals surface area contributed by atoms with Gasteiger partial charge in [0.15, 0.2) is 0 Å². The van der Waals surface area contributed by atoms with Gasteiger partial charge < -0.3 is 5.73 Å². The molecule has 1 unspecified atom stereocenters. The SMILES string of the molecule is NC(CCc1ccncc1)c1cncc(F)c1. The molecule has 0 radical (unpaired) electrons. The second-order valence-electron chi connectivity index (χ2n) is 3.94. The van der Waals surface area contributed by atoms with Gasteiger partial charge in [0.05, 0.1) is 6.20 Å². The van der Waals surface area contributed by atoms with Gasteiger partial charge in [0, 0.05) is 24.6 Å². The first-order valence-electron chi connectivity index (χ1n) is 5.50. The third kappa shape index (κ3) is 3.32. The molecule has 0 fully saturated rings. The Labute approximate surface area is 99.5 Å². The fraction of sp³-hybridized carbons (Fsp3) is 0.231. The molecule has 2 heterocycles. The number of nitrogens with zero attached hydrogens (tertiary/aromatic N) is 2. The summed E-state index contributed by atoms with van der Waals surface area (Å²) < 4.78 is 13.0. The summed E-state index contributed by atoms with van der Waals surface area (Å²) in [6.45, 7) is 0. The number of halogens is 1. The average Bonchev–Trinajstić information content (AvgIpc) is 2.37. The van der Waals surface area contributed by atoms with Gasteiger partial charge in [-0.15, -0.1) is 0 Å². The molecule has 2 rings (SSSR count).